The maximum absolute atomic E-state index is 12.5. The number of carbonyl (C=O) groups is 1. The highest BCUT2D eigenvalue weighted by Gasteiger charge is 2.18. The molecule has 0 aliphatic heterocycles. The molecule has 3 nitrogen and oxygen atoms in total. The first-order valence-corrected chi connectivity index (χ1v) is 7.43. The van der Waals surface area contributed by atoms with Gasteiger partial charge in [-0.05, 0) is 46.6 Å². The Hall–Kier alpha value is -1.39. The number of carbonyl (C=O) groups excluding carboxylic acids is 1. The molecule has 0 unspecified atom stereocenters. The van der Waals surface area contributed by atoms with Crippen molar-refractivity contribution in [3.8, 4) is 0 Å². The van der Waals surface area contributed by atoms with Gasteiger partial charge in [-0.1, -0.05) is 29.8 Å². The first-order valence-electron chi connectivity index (χ1n) is 6.26. The quantitative estimate of drug-likeness (QED) is 0.773. The summed E-state index contributed by atoms with van der Waals surface area (Å²) in [5, 5.41) is 0.670. The number of amides is 1. The van der Waals surface area contributed by atoms with E-state index in [2.05, 4.69) is 20.9 Å². The second-order valence-electron chi connectivity index (χ2n) is 4.25. The summed E-state index contributed by atoms with van der Waals surface area (Å²) < 4.78 is 0.558. The van der Waals surface area contributed by atoms with Crippen LogP contribution in [0.2, 0.25) is 5.02 Å². The van der Waals surface area contributed by atoms with Gasteiger partial charge in [0.25, 0.3) is 5.91 Å². The maximum atomic E-state index is 12.5. The van der Waals surface area contributed by atoms with Gasteiger partial charge in [0.2, 0.25) is 0 Å². The third-order valence-electron chi connectivity index (χ3n) is 2.98. The molecule has 2 aromatic rings. The number of rotatable bonds is 4. The monoisotopic (exact) mass is 352 g/mol. The fraction of sp³-hybridized carbons (Fsp3) is 0.200. The number of nitrogens with zero attached hydrogens (tertiary/aromatic N) is 2. The van der Waals surface area contributed by atoms with Gasteiger partial charge in [0, 0.05) is 24.3 Å². The molecule has 0 aliphatic rings. The van der Waals surface area contributed by atoms with Crippen LogP contribution in [0.25, 0.3) is 0 Å². The summed E-state index contributed by atoms with van der Waals surface area (Å²) in [6.45, 7) is 3.03. The third-order valence-corrected chi connectivity index (χ3v) is 3.98. The molecule has 0 atom stereocenters. The molecule has 1 aromatic heterocycles. The van der Waals surface area contributed by atoms with Crippen molar-refractivity contribution in [2.24, 2.45) is 0 Å². The minimum Gasteiger partial charge on any atom is -0.334 e. The van der Waals surface area contributed by atoms with Crippen molar-refractivity contribution in [1.29, 1.82) is 0 Å². The number of hydrogen-bond acceptors (Lipinski definition) is 2. The topological polar surface area (TPSA) is 33.2 Å². The summed E-state index contributed by atoms with van der Waals surface area (Å²) in [5.41, 5.74) is 1.49. The van der Waals surface area contributed by atoms with Crippen LogP contribution in [0.3, 0.4) is 0 Å². The Morgan fingerprint density at radius 3 is 2.70 bits per heavy atom. The maximum Gasteiger partial charge on any atom is 0.256 e. The second-order valence-corrected chi connectivity index (χ2v) is 5.41. The lowest BCUT2D eigenvalue weighted by atomic mass is 10.2. The first-order chi connectivity index (χ1) is 9.63. The van der Waals surface area contributed by atoms with Crippen LogP contribution >= 0.6 is 27.5 Å². The Morgan fingerprint density at radius 1 is 1.30 bits per heavy atom. The van der Waals surface area contributed by atoms with Crippen molar-refractivity contribution in [2.45, 2.75) is 13.5 Å². The van der Waals surface area contributed by atoms with Crippen molar-refractivity contribution < 1.29 is 4.79 Å². The minimum absolute atomic E-state index is 0.0626. The molecule has 1 heterocycles. The zero-order valence-corrected chi connectivity index (χ0v) is 13.4. The Kier molecular flexibility index (Phi) is 5.15. The van der Waals surface area contributed by atoms with E-state index in [1.165, 1.54) is 0 Å². The van der Waals surface area contributed by atoms with E-state index < -0.39 is 0 Å². The number of aromatic nitrogens is 1. The lowest BCUT2D eigenvalue weighted by Gasteiger charge is -2.22. The van der Waals surface area contributed by atoms with E-state index >= 15 is 0 Å². The molecule has 0 aliphatic carbocycles. The molecule has 0 radical (unpaired) electrons. The summed E-state index contributed by atoms with van der Waals surface area (Å²) >= 11 is 9.46. The van der Waals surface area contributed by atoms with Gasteiger partial charge in [-0.25, -0.2) is 4.98 Å². The molecule has 1 amide bonds. The van der Waals surface area contributed by atoms with E-state index in [1.54, 1.807) is 23.2 Å². The van der Waals surface area contributed by atoms with E-state index in [9.17, 15) is 4.79 Å². The molecule has 1 aromatic carbocycles. The van der Waals surface area contributed by atoms with E-state index in [0.717, 1.165) is 5.56 Å². The number of halogens is 2. The molecule has 2 rings (SSSR count). The molecule has 0 N–H and O–H groups in total. The van der Waals surface area contributed by atoms with Gasteiger partial charge in [0.05, 0.1) is 5.56 Å². The molecule has 0 saturated carbocycles. The Bertz CT molecular complexity index is 618. The number of benzene rings is 1. The average molecular weight is 354 g/mol. The van der Waals surface area contributed by atoms with Gasteiger partial charge < -0.3 is 4.90 Å². The fourth-order valence-corrected chi connectivity index (χ4v) is 2.49. The lowest BCUT2D eigenvalue weighted by Crippen LogP contribution is -2.30. The fourth-order valence-electron chi connectivity index (χ4n) is 1.88. The van der Waals surface area contributed by atoms with E-state index in [1.807, 2.05) is 31.2 Å². The van der Waals surface area contributed by atoms with Crippen LogP contribution in [0, 0.1) is 0 Å². The second kappa shape index (κ2) is 6.86. The predicted octanol–water partition coefficient (Wildman–Crippen LogP) is 4.16. The minimum atomic E-state index is -0.0626. The molecule has 5 heteroatoms. The van der Waals surface area contributed by atoms with Crippen LogP contribution in [0.15, 0.2) is 47.2 Å². The highest BCUT2D eigenvalue weighted by molar-refractivity contribution is 9.10. The Morgan fingerprint density at radius 2 is 2.05 bits per heavy atom. The van der Waals surface area contributed by atoms with Crippen LogP contribution in [0.4, 0.5) is 0 Å². The summed E-state index contributed by atoms with van der Waals surface area (Å²) in [7, 11) is 0. The summed E-state index contributed by atoms with van der Waals surface area (Å²) in [5.74, 6) is -0.0626. The van der Waals surface area contributed by atoms with E-state index in [4.69, 9.17) is 11.6 Å². The molecule has 0 saturated heterocycles. The summed E-state index contributed by atoms with van der Waals surface area (Å²) in [4.78, 5) is 18.3. The van der Waals surface area contributed by atoms with Crippen LogP contribution in [-0.2, 0) is 6.54 Å². The highest BCUT2D eigenvalue weighted by atomic mass is 79.9. The Balaban J connectivity index is 2.23. The zero-order valence-electron chi connectivity index (χ0n) is 11.0. The predicted molar refractivity (Wildman–Crippen MR) is 83.8 cm³/mol. The Labute approximate surface area is 131 Å². The van der Waals surface area contributed by atoms with E-state index in [-0.39, 0.29) is 5.91 Å². The van der Waals surface area contributed by atoms with Gasteiger partial charge in [-0.15, -0.1) is 0 Å². The number of hydrogen-bond donors (Lipinski definition) is 0. The van der Waals surface area contributed by atoms with Gasteiger partial charge >= 0.3 is 0 Å². The van der Waals surface area contributed by atoms with Crippen molar-refractivity contribution in [3.63, 3.8) is 0 Å². The van der Waals surface area contributed by atoms with E-state index in [0.29, 0.717) is 28.3 Å². The standard InChI is InChI=1S/C15H14BrClN2O/c1-2-19(10-11-6-3-4-8-13(11)17)15(20)12-7-5-9-18-14(12)16/h3-9H,2,10H2,1H3. The molecule has 0 fully saturated rings. The first kappa shape index (κ1) is 15.0. The molecule has 104 valence electrons. The molecule has 0 bridgehead atoms. The molecular weight excluding hydrogens is 340 g/mol. The van der Waals surface area contributed by atoms with Gasteiger partial charge in [0.1, 0.15) is 4.60 Å². The smallest absolute Gasteiger partial charge is 0.256 e. The van der Waals surface area contributed by atoms with Crippen LogP contribution < -0.4 is 0 Å². The average Bonchev–Trinajstić information content (AvgIpc) is 2.46. The van der Waals surface area contributed by atoms with Crippen molar-refractivity contribution >= 4 is 33.4 Å². The normalized spacial score (nSPS) is 10.3. The lowest BCUT2D eigenvalue weighted by molar-refractivity contribution is 0.0751. The number of pyridine rings is 1. The highest BCUT2D eigenvalue weighted by Crippen LogP contribution is 2.20. The summed E-state index contributed by atoms with van der Waals surface area (Å²) in [6.07, 6.45) is 1.64. The van der Waals surface area contributed by atoms with Crippen LogP contribution in [0.1, 0.15) is 22.8 Å². The third kappa shape index (κ3) is 3.38. The van der Waals surface area contributed by atoms with Gasteiger partial charge in [0.15, 0.2) is 0 Å². The molecule has 20 heavy (non-hydrogen) atoms. The van der Waals surface area contributed by atoms with Crippen LogP contribution in [0.5, 0.6) is 0 Å². The zero-order chi connectivity index (χ0) is 14.5. The molecular formula is C15H14BrClN2O. The van der Waals surface area contributed by atoms with Crippen molar-refractivity contribution in [1.82, 2.24) is 9.88 Å². The largest absolute Gasteiger partial charge is 0.334 e. The SMILES string of the molecule is CCN(Cc1ccccc1Cl)C(=O)c1cccnc1Br. The van der Waals surface area contributed by atoms with Gasteiger partial charge in [-0.2, -0.15) is 0 Å². The molecule has 0 spiro atoms. The van der Waals surface area contributed by atoms with Crippen molar-refractivity contribution in [3.05, 3.63) is 63.3 Å². The van der Waals surface area contributed by atoms with Crippen molar-refractivity contribution in [2.75, 3.05) is 6.54 Å². The summed E-state index contributed by atoms with van der Waals surface area (Å²) in [6, 6.07) is 11.1. The van der Waals surface area contributed by atoms with Gasteiger partial charge in [-0.3, -0.25) is 4.79 Å². The van der Waals surface area contributed by atoms with Crippen LogP contribution in [-0.4, -0.2) is 22.3 Å².